The van der Waals surface area contributed by atoms with Gasteiger partial charge in [-0.15, -0.1) is 0 Å². The largest absolute Gasteiger partial charge is 1.00 e. The van der Waals surface area contributed by atoms with Crippen LogP contribution in [0.25, 0.3) is 0 Å². The van der Waals surface area contributed by atoms with E-state index in [2.05, 4.69) is 40.0 Å². The summed E-state index contributed by atoms with van der Waals surface area (Å²) in [5, 5.41) is 6.92. The topological polar surface area (TPSA) is 296 Å². The Morgan fingerprint density at radius 1 is 0.575 bits per heavy atom. The summed E-state index contributed by atoms with van der Waals surface area (Å²) >= 11 is 0. The summed E-state index contributed by atoms with van der Waals surface area (Å²) in [5.74, 6) is -3.18. The number of nitrogens with two attached hydrogens (primary N) is 1. The molecule has 6 atom stereocenters. The van der Waals surface area contributed by atoms with Crippen molar-refractivity contribution in [1.82, 2.24) is 25.3 Å². The van der Waals surface area contributed by atoms with E-state index >= 15 is 0 Å². The first-order valence-electron chi connectivity index (χ1n) is 28.8. The second kappa shape index (κ2) is 40.2. The van der Waals surface area contributed by atoms with Gasteiger partial charge in [0.1, 0.15) is 16.8 Å². The second-order valence-corrected chi connectivity index (χ2v) is 23.1. The first-order valence-corrected chi connectivity index (χ1v) is 28.8. The number of ether oxygens (including phenoxy) is 6. The molecule has 0 aliphatic carbocycles. The van der Waals surface area contributed by atoms with Crippen LogP contribution < -0.4 is 45.9 Å². The minimum Gasteiger partial charge on any atom is -0.793 e. The van der Waals surface area contributed by atoms with E-state index in [-0.39, 0.29) is 95.7 Å². The molecule has 26 heteroatoms. The summed E-state index contributed by atoms with van der Waals surface area (Å²) in [6.07, 6.45) is 0.393. The maximum Gasteiger partial charge on any atom is 1.00 e. The molecule has 24 nitrogen and oxygen atoms in total. The number of nitrogens with zero attached hydrogens (tertiary/aromatic N) is 3. The molecule has 0 spiro atoms. The van der Waals surface area contributed by atoms with Crippen molar-refractivity contribution in [1.29, 1.82) is 0 Å². The second-order valence-electron chi connectivity index (χ2n) is 23.1. The Balaban J connectivity index is 0.00000116. The third-order valence-corrected chi connectivity index (χ3v) is 12.2. The van der Waals surface area contributed by atoms with Gasteiger partial charge in [-0.25, -0.2) is 38.5 Å². The Bertz CT molecular complexity index is 2490. The summed E-state index contributed by atoms with van der Waals surface area (Å²) in [4.78, 5) is 115. The molecule has 3 amide bonds. The minimum absolute atomic E-state index is 0. The third-order valence-electron chi connectivity index (χ3n) is 12.2. The Kier molecular flexibility index (Phi) is 37.2. The molecular formula is C61H95BN6NaO18. The molecule has 2 fully saturated rings. The van der Waals surface area contributed by atoms with Gasteiger partial charge in [-0.05, 0) is 127 Å². The van der Waals surface area contributed by atoms with Gasteiger partial charge in [0.15, 0.2) is 0 Å². The van der Waals surface area contributed by atoms with Crippen LogP contribution in [-0.2, 0) is 71.6 Å². The molecule has 5 rings (SSSR count). The molecule has 0 saturated carbocycles. The normalized spacial score (nSPS) is 17.9. The van der Waals surface area contributed by atoms with Gasteiger partial charge in [0.2, 0.25) is 5.97 Å². The van der Waals surface area contributed by atoms with Crippen LogP contribution in [0.2, 0.25) is 0 Å². The van der Waals surface area contributed by atoms with Crippen LogP contribution in [0, 0.1) is 11.8 Å². The van der Waals surface area contributed by atoms with Crippen molar-refractivity contribution in [3.05, 3.63) is 83.1 Å². The van der Waals surface area contributed by atoms with Crippen molar-refractivity contribution in [2.75, 3.05) is 59.1 Å². The van der Waals surface area contributed by atoms with E-state index in [0.29, 0.717) is 89.6 Å². The molecule has 3 aliphatic heterocycles. The zero-order valence-electron chi connectivity index (χ0n) is 54.6. The molecule has 3 heterocycles. The monoisotopic (exact) mass is 1230 g/mol. The third kappa shape index (κ3) is 33.5. The summed E-state index contributed by atoms with van der Waals surface area (Å²) in [7, 11) is 4.32. The van der Waals surface area contributed by atoms with Crippen molar-refractivity contribution < 1.29 is 116 Å². The van der Waals surface area contributed by atoms with Crippen molar-refractivity contribution >= 4 is 62.1 Å². The number of nitrogens with one attached hydrogen (secondary N) is 2. The molecule has 87 heavy (non-hydrogen) atoms. The number of piperidine rings is 2. The van der Waals surface area contributed by atoms with Crippen LogP contribution in [0.4, 0.5) is 14.4 Å². The first kappa shape index (κ1) is 80.6. The van der Waals surface area contributed by atoms with Gasteiger partial charge in [-0.1, -0.05) is 60.7 Å². The van der Waals surface area contributed by atoms with Gasteiger partial charge >= 0.3 is 77.7 Å². The number of rotatable bonds is 12. The summed E-state index contributed by atoms with van der Waals surface area (Å²) < 4.78 is 35.3. The molecule has 4 N–H and O–H groups in total. The number of likely N-dealkylation sites (tertiary alicyclic amines) is 2. The van der Waals surface area contributed by atoms with Gasteiger partial charge in [-0.3, -0.25) is 14.4 Å². The van der Waals surface area contributed by atoms with Crippen LogP contribution in [0.1, 0.15) is 160 Å². The van der Waals surface area contributed by atoms with Gasteiger partial charge in [0.25, 0.3) is 0 Å². The molecule has 481 valence electrons. The standard InChI is InChI=1S/C21H32N2O4.C21H30N2O4.C13H24N2O4.C4H6O4.C2H3BO2.Na/c2*1-6-26-19(24)17-12-13-23(20(25)27-21(3,4)5)14-18(17)22-15(2)16-10-8-7-9-11-16;1-5-18-11(16)9-6-7-15(8-10(9)14)12(17)19-13(2,3)4;1-3(5)7-8-4(2)6;1-2(4)5-3;/h7-11,15,17-18,22H,6,12-14H2,1-5H3;7-11,15,22H,6,12-14H2,1-5H3;9-10H,5-8,14H2,1-4H3;1-2H3;1H3;/q;;;;-1;+1/t15-,17+,18-;15-;9?,10-;;;/m111.../s1. The number of hydrogen-bond acceptors (Lipinski definition) is 21. The smallest absolute Gasteiger partial charge is 0.793 e. The van der Waals surface area contributed by atoms with E-state index in [1.807, 2.05) is 137 Å². The maximum atomic E-state index is 12.5. The Morgan fingerprint density at radius 2 is 0.966 bits per heavy atom. The van der Waals surface area contributed by atoms with E-state index in [1.54, 1.807) is 28.5 Å². The van der Waals surface area contributed by atoms with Crippen molar-refractivity contribution in [2.24, 2.45) is 17.6 Å². The van der Waals surface area contributed by atoms with Crippen LogP contribution in [0.15, 0.2) is 71.9 Å². The fourth-order valence-corrected chi connectivity index (χ4v) is 8.35. The summed E-state index contributed by atoms with van der Waals surface area (Å²) in [5.41, 5.74) is 7.85. The number of hydrogen-bond donors (Lipinski definition) is 3. The van der Waals surface area contributed by atoms with Crippen LogP contribution >= 0.6 is 0 Å². The number of esters is 3. The SMILES string of the molecule is CC(=O)OOC(C)=O.CCOC(=O)C1=C(N[C@H](C)c2ccccc2)CN(C(=O)OC(C)(C)C)CC1.CCOC(=O)C1CCN(C(=O)OC(C)(C)C)C[C@H]1N.CCOC(=O)[C@H]1CCN(C(=O)OC(C)(C)C)C[C@H]1N[C@H](C)c1ccccc1.[B-]OC(C)=O.[Na+]. The molecule has 2 aromatic carbocycles. The maximum absolute atomic E-state index is 12.5. The molecule has 1 unspecified atom stereocenters. The van der Waals surface area contributed by atoms with E-state index in [0.717, 1.165) is 25.0 Å². The van der Waals surface area contributed by atoms with E-state index < -0.39 is 40.8 Å². The molecule has 2 aromatic rings. The van der Waals surface area contributed by atoms with Gasteiger partial charge in [-0.2, -0.15) is 0 Å². The fraction of sp³-hybridized carbons (Fsp3) is 0.623. The Labute approximate surface area is 537 Å². The minimum atomic E-state index is -0.639. The average Bonchev–Trinajstić information content (AvgIpc) is 3.06. The van der Waals surface area contributed by atoms with Crippen molar-refractivity contribution in [3.8, 4) is 0 Å². The average molecular weight is 1230 g/mol. The molecule has 3 radical (unpaired) electrons. The van der Waals surface area contributed by atoms with Crippen molar-refractivity contribution in [2.45, 2.75) is 178 Å². The van der Waals surface area contributed by atoms with E-state index in [1.165, 1.54) is 6.92 Å². The summed E-state index contributed by atoms with van der Waals surface area (Å²) in [6, 6.07) is 19.5. The quantitative estimate of drug-likeness (QED) is 0.0817. The molecule has 3 aliphatic rings. The fourth-order valence-electron chi connectivity index (χ4n) is 8.35. The predicted molar refractivity (Wildman–Crippen MR) is 320 cm³/mol. The van der Waals surface area contributed by atoms with Gasteiger partial charge in [0, 0.05) is 83.4 Å². The number of benzene rings is 2. The number of carbonyl (C=O) groups excluding carboxylic acids is 9. The Hall–Kier alpha value is -6.41. The molecule has 0 aromatic heterocycles. The zero-order chi connectivity index (χ0) is 65.5. The Morgan fingerprint density at radius 3 is 1.36 bits per heavy atom. The van der Waals surface area contributed by atoms with Crippen LogP contribution in [0.3, 0.4) is 0 Å². The van der Waals surface area contributed by atoms with Gasteiger partial charge < -0.3 is 72.2 Å². The molecule has 2 saturated heterocycles. The first-order chi connectivity index (χ1) is 40.1. The zero-order valence-corrected chi connectivity index (χ0v) is 56.6. The number of carbonyl (C=O) groups is 9. The predicted octanol–water partition coefficient (Wildman–Crippen LogP) is 5.12. The molecule has 0 bridgehead atoms. The molecular weight excluding hydrogens is 1140 g/mol. The van der Waals surface area contributed by atoms with Gasteiger partial charge in [0.05, 0.1) is 43.8 Å². The summed E-state index contributed by atoms with van der Waals surface area (Å²) in [6.45, 7) is 32.9. The van der Waals surface area contributed by atoms with Crippen LogP contribution in [-0.4, -0.2) is 165 Å². The van der Waals surface area contributed by atoms with E-state index in [9.17, 15) is 43.2 Å². The number of amides is 3. The van der Waals surface area contributed by atoms with E-state index in [4.69, 9.17) is 34.2 Å². The van der Waals surface area contributed by atoms with Crippen LogP contribution in [0.5, 0.6) is 0 Å². The van der Waals surface area contributed by atoms with Crippen molar-refractivity contribution in [3.63, 3.8) is 0 Å².